The quantitative estimate of drug-likeness (QED) is 0.899. The molecule has 1 aromatic heterocycles. The predicted molar refractivity (Wildman–Crippen MR) is 69.9 cm³/mol. The van der Waals surface area contributed by atoms with Gasteiger partial charge in [0.1, 0.15) is 5.75 Å². The molecule has 1 heterocycles. The normalized spacial score (nSPS) is 9.94. The van der Waals surface area contributed by atoms with E-state index in [0.29, 0.717) is 12.2 Å². The molecule has 2 aromatic rings. The molecule has 17 heavy (non-hydrogen) atoms. The average Bonchev–Trinajstić information content (AvgIpc) is 2.83. The van der Waals surface area contributed by atoms with Gasteiger partial charge in [-0.3, -0.25) is 4.79 Å². The number of carbonyl (C=O) groups is 1. The fourth-order valence-electron chi connectivity index (χ4n) is 1.41. The molecule has 1 N–H and O–H groups in total. The number of ether oxygens (including phenoxy) is 1. The second-order valence-corrected chi connectivity index (χ2v) is 4.20. The van der Waals surface area contributed by atoms with Crippen molar-refractivity contribution in [3.05, 3.63) is 46.7 Å². The molecule has 0 radical (unpaired) electrons. The van der Waals surface area contributed by atoms with E-state index in [4.69, 9.17) is 4.74 Å². The average molecular weight is 247 g/mol. The van der Waals surface area contributed by atoms with Crippen LogP contribution in [0.15, 0.2) is 41.1 Å². The summed E-state index contributed by atoms with van der Waals surface area (Å²) < 4.78 is 5.32. The second-order valence-electron chi connectivity index (χ2n) is 3.42. The van der Waals surface area contributed by atoms with Crippen LogP contribution in [-0.4, -0.2) is 12.5 Å². The van der Waals surface area contributed by atoms with Crippen molar-refractivity contribution in [3.63, 3.8) is 0 Å². The van der Waals surface area contributed by atoms with Crippen molar-refractivity contribution < 1.29 is 9.53 Å². The number of thiophene rings is 1. The van der Waals surface area contributed by atoms with Gasteiger partial charge in [-0.15, -0.1) is 0 Å². The summed E-state index contributed by atoms with van der Waals surface area (Å²) in [7, 11) is 0. The maximum absolute atomic E-state index is 11.8. The third-order valence-corrected chi connectivity index (χ3v) is 2.89. The fraction of sp³-hybridized carbons (Fsp3) is 0.154. The Morgan fingerprint density at radius 1 is 1.29 bits per heavy atom. The Hall–Kier alpha value is -1.81. The summed E-state index contributed by atoms with van der Waals surface area (Å²) in [6, 6.07) is 8.98. The Morgan fingerprint density at radius 3 is 2.65 bits per heavy atom. The van der Waals surface area contributed by atoms with E-state index in [1.165, 1.54) is 0 Å². The third-order valence-electron chi connectivity index (χ3n) is 2.21. The van der Waals surface area contributed by atoms with Gasteiger partial charge in [0.25, 0.3) is 5.91 Å². The Labute approximate surface area is 104 Å². The highest BCUT2D eigenvalue weighted by Gasteiger charge is 2.06. The van der Waals surface area contributed by atoms with Crippen molar-refractivity contribution in [1.29, 1.82) is 0 Å². The number of carbonyl (C=O) groups excluding carboxylic acids is 1. The molecule has 0 aliphatic rings. The van der Waals surface area contributed by atoms with Crippen LogP contribution in [0.5, 0.6) is 5.75 Å². The fourth-order valence-corrected chi connectivity index (χ4v) is 2.00. The van der Waals surface area contributed by atoms with Crippen LogP contribution in [0.4, 0.5) is 5.69 Å². The van der Waals surface area contributed by atoms with Crippen molar-refractivity contribution >= 4 is 22.9 Å². The van der Waals surface area contributed by atoms with Crippen molar-refractivity contribution in [2.75, 3.05) is 11.9 Å². The van der Waals surface area contributed by atoms with E-state index in [1.54, 1.807) is 35.6 Å². The number of rotatable bonds is 4. The highest BCUT2D eigenvalue weighted by atomic mass is 32.1. The summed E-state index contributed by atoms with van der Waals surface area (Å²) in [5.41, 5.74) is 1.45. The summed E-state index contributed by atoms with van der Waals surface area (Å²) in [5.74, 6) is 0.672. The van der Waals surface area contributed by atoms with Gasteiger partial charge in [0.15, 0.2) is 0 Å². The highest BCUT2D eigenvalue weighted by molar-refractivity contribution is 7.08. The SMILES string of the molecule is CCOc1ccc(C(=O)Nc2ccsc2)cc1. The topological polar surface area (TPSA) is 38.3 Å². The molecule has 4 heteroatoms. The molecule has 3 nitrogen and oxygen atoms in total. The molecule has 0 bridgehead atoms. The van der Waals surface area contributed by atoms with Gasteiger partial charge in [-0.1, -0.05) is 0 Å². The first-order valence-electron chi connectivity index (χ1n) is 5.36. The molecule has 0 spiro atoms. The lowest BCUT2D eigenvalue weighted by Crippen LogP contribution is -2.10. The molecule has 0 unspecified atom stereocenters. The molecule has 0 aliphatic heterocycles. The summed E-state index contributed by atoms with van der Waals surface area (Å²) in [6.45, 7) is 2.55. The molecule has 2 rings (SSSR count). The van der Waals surface area contributed by atoms with E-state index in [2.05, 4.69) is 5.32 Å². The van der Waals surface area contributed by atoms with Crippen molar-refractivity contribution in [1.82, 2.24) is 0 Å². The minimum Gasteiger partial charge on any atom is -0.494 e. The molecule has 0 fully saturated rings. The summed E-state index contributed by atoms with van der Waals surface area (Å²) >= 11 is 1.55. The highest BCUT2D eigenvalue weighted by Crippen LogP contribution is 2.15. The van der Waals surface area contributed by atoms with Gasteiger partial charge < -0.3 is 10.1 Å². The third kappa shape index (κ3) is 3.07. The van der Waals surface area contributed by atoms with E-state index >= 15 is 0 Å². The zero-order chi connectivity index (χ0) is 12.1. The van der Waals surface area contributed by atoms with Gasteiger partial charge in [0.05, 0.1) is 12.3 Å². The van der Waals surface area contributed by atoms with Gasteiger partial charge in [-0.05, 0) is 42.6 Å². The number of amides is 1. The van der Waals surface area contributed by atoms with E-state index in [-0.39, 0.29) is 5.91 Å². The standard InChI is InChI=1S/C13H13NO2S/c1-2-16-12-5-3-10(4-6-12)13(15)14-11-7-8-17-9-11/h3-9H,2H2,1H3,(H,14,15). The van der Waals surface area contributed by atoms with Gasteiger partial charge in [0, 0.05) is 10.9 Å². The lowest BCUT2D eigenvalue weighted by atomic mass is 10.2. The van der Waals surface area contributed by atoms with Crippen LogP contribution in [0.1, 0.15) is 17.3 Å². The van der Waals surface area contributed by atoms with E-state index in [0.717, 1.165) is 11.4 Å². The largest absolute Gasteiger partial charge is 0.494 e. The van der Waals surface area contributed by atoms with Crippen LogP contribution in [-0.2, 0) is 0 Å². The first-order chi connectivity index (χ1) is 8.29. The summed E-state index contributed by atoms with van der Waals surface area (Å²) in [5, 5.41) is 6.64. The molecule has 0 saturated heterocycles. The van der Waals surface area contributed by atoms with Crippen LogP contribution in [0.25, 0.3) is 0 Å². The van der Waals surface area contributed by atoms with Crippen LogP contribution in [0.2, 0.25) is 0 Å². The number of hydrogen-bond acceptors (Lipinski definition) is 3. The Morgan fingerprint density at radius 2 is 2.06 bits per heavy atom. The van der Waals surface area contributed by atoms with E-state index < -0.39 is 0 Å². The number of nitrogens with one attached hydrogen (secondary N) is 1. The maximum atomic E-state index is 11.8. The molecule has 0 aliphatic carbocycles. The summed E-state index contributed by atoms with van der Waals surface area (Å²) in [4.78, 5) is 11.8. The zero-order valence-corrected chi connectivity index (χ0v) is 10.3. The van der Waals surface area contributed by atoms with E-state index in [9.17, 15) is 4.79 Å². The maximum Gasteiger partial charge on any atom is 0.255 e. The van der Waals surface area contributed by atoms with Gasteiger partial charge in [-0.25, -0.2) is 0 Å². The minimum atomic E-state index is -0.105. The lowest BCUT2D eigenvalue weighted by Gasteiger charge is -2.05. The number of hydrogen-bond donors (Lipinski definition) is 1. The van der Waals surface area contributed by atoms with Crippen molar-refractivity contribution in [2.45, 2.75) is 6.92 Å². The van der Waals surface area contributed by atoms with Crippen LogP contribution in [0, 0.1) is 0 Å². The smallest absolute Gasteiger partial charge is 0.255 e. The molecule has 0 atom stereocenters. The second kappa shape index (κ2) is 5.50. The molecular weight excluding hydrogens is 234 g/mol. The predicted octanol–water partition coefficient (Wildman–Crippen LogP) is 3.40. The molecular formula is C13H13NO2S. The molecule has 88 valence electrons. The van der Waals surface area contributed by atoms with Gasteiger partial charge in [-0.2, -0.15) is 11.3 Å². The zero-order valence-electron chi connectivity index (χ0n) is 9.47. The molecule has 1 aromatic carbocycles. The Bertz CT molecular complexity index is 477. The first kappa shape index (κ1) is 11.7. The minimum absolute atomic E-state index is 0.105. The van der Waals surface area contributed by atoms with Crippen LogP contribution >= 0.6 is 11.3 Å². The van der Waals surface area contributed by atoms with Crippen LogP contribution in [0.3, 0.4) is 0 Å². The summed E-state index contributed by atoms with van der Waals surface area (Å²) in [6.07, 6.45) is 0. The lowest BCUT2D eigenvalue weighted by molar-refractivity contribution is 0.102. The first-order valence-corrected chi connectivity index (χ1v) is 6.30. The number of anilines is 1. The number of benzene rings is 1. The molecule has 0 saturated carbocycles. The molecule has 1 amide bonds. The van der Waals surface area contributed by atoms with Crippen molar-refractivity contribution in [3.8, 4) is 5.75 Å². The Balaban J connectivity index is 2.04. The van der Waals surface area contributed by atoms with Crippen molar-refractivity contribution in [2.24, 2.45) is 0 Å². The van der Waals surface area contributed by atoms with Gasteiger partial charge >= 0.3 is 0 Å². The van der Waals surface area contributed by atoms with E-state index in [1.807, 2.05) is 23.8 Å². The van der Waals surface area contributed by atoms with Crippen LogP contribution < -0.4 is 10.1 Å². The Kier molecular flexibility index (Phi) is 3.77. The van der Waals surface area contributed by atoms with Gasteiger partial charge in [0.2, 0.25) is 0 Å². The monoisotopic (exact) mass is 247 g/mol.